The standard InChI is InChI=1S/C14H15ClFNO5S/c1-17(10-4-5-23(20,21)8-10)13(18)7-22-14(19)11-6-9(15)2-3-12(11)16/h2-3,6,10H,4-5,7-8H2,1H3/t10-/m1/s1. The first kappa shape index (κ1) is 17.7. The summed E-state index contributed by atoms with van der Waals surface area (Å²) in [5.41, 5.74) is -0.364. The summed E-state index contributed by atoms with van der Waals surface area (Å²) in [6.07, 6.45) is 0.349. The van der Waals surface area contributed by atoms with Crippen LogP contribution in [0.15, 0.2) is 18.2 Å². The van der Waals surface area contributed by atoms with E-state index in [-0.39, 0.29) is 22.1 Å². The summed E-state index contributed by atoms with van der Waals surface area (Å²) < 4.78 is 41.1. The van der Waals surface area contributed by atoms with Crippen molar-refractivity contribution in [2.24, 2.45) is 0 Å². The summed E-state index contributed by atoms with van der Waals surface area (Å²) in [6.45, 7) is -0.599. The van der Waals surface area contributed by atoms with Crippen molar-refractivity contribution in [3.63, 3.8) is 0 Å². The highest BCUT2D eigenvalue weighted by Crippen LogP contribution is 2.18. The maximum absolute atomic E-state index is 13.5. The Kier molecular flexibility index (Phi) is 5.26. The smallest absolute Gasteiger partial charge is 0.341 e. The van der Waals surface area contributed by atoms with E-state index in [4.69, 9.17) is 16.3 Å². The molecule has 1 heterocycles. The summed E-state index contributed by atoms with van der Waals surface area (Å²) >= 11 is 5.68. The van der Waals surface area contributed by atoms with Crippen LogP contribution in [0.25, 0.3) is 0 Å². The van der Waals surface area contributed by atoms with E-state index in [9.17, 15) is 22.4 Å². The van der Waals surface area contributed by atoms with Crippen LogP contribution in [0.4, 0.5) is 4.39 Å². The summed E-state index contributed by atoms with van der Waals surface area (Å²) in [5.74, 6) is -2.44. The van der Waals surface area contributed by atoms with Gasteiger partial charge in [0.1, 0.15) is 5.82 Å². The normalized spacial score (nSPS) is 19.3. The molecule has 1 aliphatic heterocycles. The first-order valence-corrected chi connectivity index (χ1v) is 8.98. The molecule has 0 bridgehead atoms. The molecule has 1 aliphatic rings. The van der Waals surface area contributed by atoms with Gasteiger partial charge in [-0.15, -0.1) is 0 Å². The summed E-state index contributed by atoms with van der Waals surface area (Å²) in [6, 6.07) is 2.98. The number of benzene rings is 1. The SMILES string of the molecule is CN(C(=O)COC(=O)c1cc(Cl)ccc1F)[C@@H]1CCS(=O)(=O)C1. The van der Waals surface area contributed by atoms with E-state index >= 15 is 0 Å². The van der Waals surface area contributed by atoms with Gasteiger partial charge in [0.15, 0.2) is 16.4 Å². The number of hydrogen-bond acceptors (Lipinski definition) is 5. The average molecular weight is 364 g/mol. The van der Waals surface area contributed by atoms with Crippen molar-refractivity contribution in [3.05, 3.63) is 34.6 Å². The van der Waals surface area contributed by atoms with Crippen molar-refractivity contribution in [2.75, 3.05) is 25.2 Å². The zero-order valence-electron chi connectivity index (χ0n) is 12.3. The van der Waals surface area contributed by atoms with E-state index in [2.05, 4.69) is 0 Å². The minimum absolute atomic E-state index is 0.0306. The first-order chi connectivity index (χ1) is 10.7. The van der Waals surface area contributed by atoms with Gasteiger partial charge in [-0.25, -0.2) is 17.6 Å². The molecule has 1 atom stereocenters. The van der Waals surface area contributed by atoms with E-state index < -0.39 is 40.2 Å². The molecule has 1 aromatic carbocycles. The van der Waals surface area contributed by atoms with Gasteiger partial charge in [0.05, 0.1) is 17.1 Å². The number of likely N-dealkylation sites (N-methyl/N-ethyl adjacent to an activating group) is 1. The molecule has 126 valence electrons. The van der Waals surface area contributed by atoms with Gasteiger partial charge < -0.3 is 9.64 Å². The third-order valence-corrected chi connectivity index (χ3v) is 5.61. The molecular weight excluding hydrogens is 349 g/mol. The quantitative estimate of drug-likeness (QED) is 0.753. The Bertz CT molecular complexity index is 737. The predicted octanol–water partition coefficient (Wildman–Crippen LogP) is 1.28. The number of halogens is 2. The minimum atomic E-state index is -3.12. The topological polar surface area (TPSA) is 80.8 Å². The van der Waals surface area contributed by atoms with Crippen LogP contribution in [0, 0.1) is 5.82 Å². The fourth-order valence-electron chi connectivity index (χ4n) is 2.25. The number of rotatable bonds is 4. The molecule has 0 spiro atoms. The predicted molar refractivity (Wildman–Crippen MR) is 81.5 cm³/mol. The second-order valence-corrected chi connectivity index (χ2v) is 7.93. The van der Waals surface area contributed by atoms with E-state index in [1.165, 1.54) is 18.0 Å². The molecule has 1 fully saturated rings. The van der Waals surface area contributed by atoms with Gasteiger partial charge in [0.2, 0.25) is 0 Å². The Labute approximate surface area is 138 Å². The van der Waals surface area contributed by atoms with Crippen LogP contribution in [0.5, 0.6) is 0 Å². The van der Waals surface area contributed by atoms with Gasteiger partial charge in [-0.2, -0.15) is 0 Å². The van der Waals surface area contributed by atoms with Crippen LogP contribution in [-0.4, -0.2) is 56.4 Å². The van der Waals surface area contributed by atoms with Crippen LogP contribution < -0.4 is 0 Å². The summed E-state index contributed by atoms with van der Waals surface area (Å²) in [5, 5.41) is 0.165. The number of sulfone groups is 1. The maximum atomic E-state index is 13.5. The van der Waals surface area contributed by atoms with Gasteiger partial charge in [-0.1, -0.05) is 11.6 Å². The molecule has 0 aromatic heterocycles. The summed E-state index contributed by atoms with van der Waals surface area (Å²) in [4.78, 5) is 25.0. The third kappa shape index (κ3) is 4.42. The van der Waals surface area contributed by atoms with E-state index in [0.717, 1.165) is 12.1 Å². The fraction of sp³-hybridized carbons (Fsp3) is 0.429. The second kappa shape index (κ2) is 6.84. The van der Waals surface area contributed by atoms with E-state index in [0.29, 0.717) is 6.42 Å². The van der Waals surface area contributed by atoms with E-state index in [1.807, 2.05) is 0 Å². The van der Waals surface area contributed by atoms with E-state index in [1.54, 1.807) is 0 Å². The zero-order valence-corrected chi connectivity index (χ0v) is 13.9. The largest absolute Gasteiger partial charge is 0.452 e. The summed E-state index contributed by atoms with van der Waals surface area (Å²) in [7, 11) is -1.68. The molecule has 0 radical (unpaired) electrons. The molecule has 0 saturated carbocycles. The molecule has 0 aliphatic carbocycles. The molecule has 1 saturated heterocycles. The molecular formula is C14H15ClFNO5S. The number of carbonyl (C=O) groups is 2. The Morgan fingerprint density at radius 3 is 2.74 bits per heavy atom. The number of carbonyl (C=O) groups excluding carboxylic acids is 2. The molecule has 0 unspecified atom stereocenters. The van der Waals surface area contributed by atoms with Crippen LogP contribution in [-0.2, 0) is 19.4 Å². The highest BCUT2D eigenvalue weighted by molar-refractivity contribution is 7.91. The number of esters is 1. The lowest BCUT2D eigenvalue weighted by Gasteiger charge is -2.23. The molecule has 9 heteroatoms. The Balaban J connectivity index is 1.93. The zero-order chi connectivity index (χ0) is 17.2. The Morgan fingerprint density at radius 1 is 1.43 bits per heavy atom. The van der Waals surface area contributed by atoms with Crippen molar-refractivity contribution in [3.8, 4) is 0 Å². The molecule has 6 nitrogen and oxygen atoms in total. The minimum Gasteiger partial charge on any atom is -0.452 e. The van der Waals surface area contributed by atoms with Crippen molar-refractivity contribution >= 4 is 33.3 Å². The van der Waals surface area contributed by atoms with Crippen LogP contribution in [0.3, 0.4) is 0 Å². The van der Waals surface area contributed by atoms with Crippen LogP contribution in [0.1, 0.15) is 16.8 Å². The second-order valence-electron chi connectivity index (χ2n) is 5.26. The number of hydrogen-bond donors (Lipinski definition) is 0. The number of amides is 1. The lowest BCUT2D eigenvalue weighted by molar-refractivity contribution is -0.134. The van der Waals surface area contributed by atoms with Crippen molar-refractivity contribution < 1.29 is 27.1 Å². The fourth-order valence-corrected chi connectivity index (χ4v) is 4.19. The van der Waals surface area contributed by atoms with Gasteiger partial charge >= 0.3 is 5.97 Å². The number of ether oxygens (including phenoxy) is 1. The highest BCUT2D eigenvalue weighted by Gasteiger charge is 2.33. The molecule has 1 aromatic rings. The van der Waals surface area contributed by atoms with Crippen molar-refractivity contribution in [2.45, 2.75) is 12.5 Å². The monoisotopic (exact) mass is 363 g/mol. The van der Waals surface area contributed by atoms with Gasteiger partial charge in [-0.05, 0) is 24.6 Å². The lowest BCUT2D eigenvalue weighted by Crippen LogP contribution is -2.40. The average Bonchev–Trinajstić information content (AvgIpc) is 2.86. The van der Waals surface area contributed by atoms with Crippen molar-refractivity contribution in [1.82, 2.24) is 4.90 Å². The van der Waals surface area contributed by atoms with Gasteiger partial charge in [-0.3, -0.25) is 4.79 Å². The lowest BCUT2D eigenvalue weighted by atomic mass is 10.2. The molecule has 2 rings (SSSR count). The Hall–Kier alpha value is -1.67. The first-order valence-electron chi connectivity index (χ1n) is 6.78. The maximum Gasteiger partial charge on any atom is 0.341 e. The molecule has 1 amide bonds. The van der Waals surface area contributed by atoms with Crippen molar-refractivity contribution in [1.29, 1.82) is 0 Å². The van der Waals surface area contributed by atoms with Crippen LogP contribution >= 0.6 is 11.6 Å². The van der Waals surface area contributed by atoms with Crippen LogP contribution in [0.2, 0.25) is 5.02 Å². The molecule has 0 N–H and O–H groups in total. The van der Waals surface area contributed by atoms with Gasteiger partial charge in [0, 0.05) is 18.1 Å². The number of nitrogens with zero attached hydrogens (tertiary/aromatic N) is 1. The van der Waals surface area contributed by atoms with Gasteiger partial charge in [0.25, 0.3) is 5.91 Å². The third-order valence-electron chi connectivity index (χ3n) is 3.62. The molecule has 23 heavy (non-hydrogen) atoms. The Morgan fingerprint density at radius 2 is 2.13 bits per heavy atom. The highest BCUT2D eigenvalue weighted by atomic mass is 35.5.